The molecule has 1 aromatic rings. The molecule has 2 atom stereocenters. The van der Waals surface area contributed by atoms with Crippen LogP contribution in [0.15, 0.2) is 41.0 Å². The molecule has 0 aliphatic carbocycles. The molecule has 0 fully saturated rings. The maximum Gasteiger partial charge on any atom is 0.351 e. The molecule has 1 aliphatic heterocycles. The zero-order chi connectivity index (χ0) is 18.2. The summed E-state index contributed by atoms with van der Waals surface area (Å²) in [7, 11) is 0.110. The lowest BCUT2D eigenvalue weighted by molar-refractivity contribution is -0.138. The lowest BCUT2D eigenvalue weighted by atomic mass is 10.2. The summed E-state index contributed by atoms with van der Waals surface area (Å²) in [6, 6.07) is 7.47. The number of benzene rings is 1. The van der Waals surface area contributed by atoms with E-state index in [0.717, 1.165) is 11.3 Å². The second-order valence-corrected chi connectivity index (χ2v) is 6.61. The van der Waals surface area contributed by atoms with Gasteiger partial charge in [0.25, 0.3) is 0 Å². The highest BCUT2D eigenvalue weighted by atomic mass is 32.2. The van der Waals surface area contributed by atoms with Crippen LogP contribution in [0, 0.1) is 0 Å². The van der Waals surface area contributed by atoms with Crippen molar-refractivity contribution < 1.29 is 28.0 Å². The van der Waals surface area contributed by atoms with Gasteiger partial charge < -0.3 is 18.9 Å². The number of ether oxygens (including phenoxy) is 4. The fraction of sp³-hybridized carbons (Fsp3) is 0.389. The summed E-state index contributed by atoms with van der Waals surface area (Å²) in [5, 5.41) is 0. The Balaban J connectivity index is 1.89. The Morgan fingerprint density at radius 1 is 1.36 bits per heavy atom. The Morgan fingerprint density at radius 2 is 2.08 bits per heavy atom. The number of methoxy groups -OCH3 is 1. The second kappa shape index (κ2) is 9.39. The van der Waals surface area contributed by atoms with Crippen molar-refractivity contribution in [3.8, 4) is 5.75 Å². The monoisotopic (exact) mass is 366 g/mol. The van der Waals surface area contributed by atoms with Crippen molar-refractivity contribution >= 4 is 22.8 Å². The van der Waals surface area contributed by atoms with Crippen LogP contribution in [-0.2, 0) is 29.8 Å². The van der Waals surface area contributed by atoms with E-state index in [0.29, 0.717) is 6.61 Å². The largest absolute Gasteiger partial charge is 0.497 e. The number of rotatable bonds is 7. The smallest absolute Gasteiger partial charge is 0.351 e. The van der Waals surface area contributed by atoms with Crippen LogP contribution in [0.4, 0.5) is 0 Å². The van der Waals surface area contributed by atoms with E-state index in [9.17, 15) is 9.00 Å². The minimum atomic E-state index is -1.50. The van der Waals surface area contributed by atoms with Crippen molar-refractivity contribution in [2.45, 2.75) is 20.1 Å². The molecule has 0 amide bonds. The summed E-state index contributed by atoms with van der Waals surface area (Å²) >= 11 is 0. The van der Waals surface area contributed by atoms with Gasteiger partial charge >= 0.3 is 5.97 Å². The van der Waals surface area contributed by atoms with E-state index in [-0.39, 0.29) is 23.0 Å². The number of esters is 1. The first-order valence-electron chi connectivity index (χ1n) is 7.90. The molecule has 2 rings (SSSR count). The molecule has 0 saturated carbocycles. The van der Waals surface area contributed by atoms with Gasteiger partial charge in [0, 0.05) is 6.61 Å². The number of hydrogen-bond acceptors (Lipinski definition) is 6. The molecular formula is C18H22O6S. The Morgan fingerprint density at radius 3 is 2.68 bits per heavy atom. The number of carbonyl (C=O) groups excluding carboxylic acids is 1. The van der Waals surface area contributed by atoms with Crippen molar-refractivity contribution in [1.29, 1.82) is 0 Å². The van der Waals surface area contributed by atoms with Gasteiger partial charge in [-0.25, -0.2) is 4.79 Å². The zero-order valence-corrected chi connectivity index (χ0v) is 15.3. The second-order valence-electron chi connectivity index (χ2n) is 5.17. The minimum absolute atomic E-state index is 0.0637. The van der Waals surface area contributed by atoms with Crippen LogP contribution in [-0.4, -0.2) is 42.5 Å². The highest BCUT2D eigenvalue weighted by Gasteiger charge is 2.31. The predicted molar refractivity (Wildman–Crippen MR) is 95.2 cm³/mol. The third-order valence-corrected chi connectivity index (χ3v) is 4.90. The molecule has 1 aromatic carbocycles. The van der Waals surface area contributed by atoms with Crippen LogP contribution >= 0.6 is 0 Å². The molecule has 0 bridgehead atoms. The average molecular weight is 366 g/mol. The number of hydrogen-bond donors (Lipinski definition) is 0. The summed E-state index contributed by atoms with van der Waals surface area (Å²) in [5.74, 6) is 0.547. The molecule has 0 spiro atoms. The van der Waals surface area contributed by atoms with Crippen LogP contribution in [0.25, 0.3) is 6.08 Å². The van der Waals surface area contributed by atoms with Gasteiger partial charge in [-0.05, 0) is 37.6 Å². The molecule has 0 N–H and O–H groups in total. The van der Waals surface area contributed by atoms with Crippen LogP contribution < -0.4 is 4.74 Å². The van der Waals surface area contributed by atoms with E-state index < -0.39 is 23.1 Å². The molecule has 25 heavy (non-hydrogen) atoms. The Bertz CT molecular complexity index is 677. The van der Waals surface area contributed by atoms with Gasteiger partial charge in [-0.15, -0.1) is 0 Å². The summed E-state index contributed by atoms with van der Waals surface area (Å²) < 4.78 is 33.2. The standard InChI is InChI=1S/C18H22O6S/c1-4-22-16-12-25(20)17(13(2)24-16)18(19)23-11-5-6-14-7-9-15(21-3)10-8-14/h5-10,16H,4,11-12H2,1-3H3/b6-5+. The van der Waals surface area contributed by atoms with Crippen LogP contribution in [0.2, 0.25) is 0 Å². The predicted octanol–water partition coefficient (Wildman–Crippen LogP) is 2.62. The van der Waals surface area contributed by atoms with Gasteiger partial charge in [0.05, 0.1) is 23.7 Å². The van der Waals surface area contributed by atoms with E-state index in [1.54, 1.807) is 20.1 Å². The Hall–Kier alpha value is -2.12. The van der Waals surface area contributed by atoms with Gasteiger partial charge in [0.15, 0.2) is 4.91 Å². The molecule has 0 saturated heterocycles. The van der Waals surface area contributed by atoms with E-state index in [2.05, 4.69) is 0 Å². The van der Waals surface area contributed by atoms with E-state index in [1.165, 1.54) is 0 Å². The first-order valence-corrected chi connectivity index (χ1v) is 9.22. The molecule has 1 aliphatic rings. The van der Waals surface area contributed by atoms with Crippen LogP contribution in [0.3, 0.4) is 0 Å². The SMILES string of the molecule is CCOC1CS(=O)C(C(=O)OC/C=C/c2ccc(OC)cc2)=C(C)O1. The maximum atomic E-state index is 12.2. The third-order valence-electron chi connectivity index (χ3n) is 3.42. The molecule has 0 aromatic heterocycles. The van der Waals surface area contributed by atoms with Gasteiger partial charge in [0.1, 0.15) is 18.1 Å². The van der Waals surface area contributed by atoms with Crippen molar-refractivity contribution in [2.75, 3.05) is 26.1 Å². The van der Waals surface area contributed by atoms with Gasteiger partial charge in [-0.2, -0.15) is 0 Å². The first-order chi connectivity index (χ1) is 12.0. The molecule has 2 unspecified atom stereocenters. The molecule has 0 radical (unpaired) electrons. The van der Waals surface area contributed by atoms with E-state index in [1.807, 2.05) is 37.3 Å². The number of allylic oxidation sites excluding steroid dienone is 1. The van der Waals surface area contributed by atoms with E-state index >= 15 is 0 Å². The first kappa shape index (κ1) is 19.2. The molecule has 1 heterocycles. The fourth-order valence-electron chi connectivity index (χ4n) is 2.25. The van der Waals surface area contributed by atoms with Crippen LogP contribution in [0.1, 0.15) is 19.4 Å². The van der Waals surface area contributed by atoms with Crippen molar-refractivity contribution in [3.63, 3.8) is 0 Å². The highest BCUT2D eigenvalue weighted by Crippen LogP contribution is 2.22. The summed E-state index contributed by atoms with van der Waals surface area (Å²) in [4.78, 5) is 12.2. The van der Waals surface area contributed by atoms with Crippen LogP contribution in [0.5, 0.6) is 5.75 Å². The zero-order valence-electron chi connectivity index (χ0n) is 14.5. The fourth-order valence-corrected chi connectivity index (χ4v) is 3.44. The lowest BCUT2D eigenvalue weighted by Crippen LogP contribution is -2.32. The third kappa shape index (κ3) is 5.44. The Kier molecular flexibility index (Phi) is 7.21. The van der Waals surface area contributed by atoms with Gasteiger partial charge in [-0.3, -0.25) is 4.21 Å². The van der Waals surface area contributed by atoms with Crippen molar-refractivity contribution in [1.82, 2.24) is 0 Å². The number of carbonyl (C=O) groups is 1. The minimum Gasteiger partial charge on any atom is -0.497 e. The summed E-state index contributed by atoms with van der Waals surface area (Å²) in [6.07, 6.45) is 2.95. The van der Waals surface area contributed by atoms with Gasteiger partial charge in [0.2, 0.25) is 6.29 Å². The quantitative estimate of drug-likeness (QED) is 0.691. The van der Waals surface area contributed by atoms with Crippen molar-refractivity contribution in [2.24, 2.45) is 0 Å². The molecule has 7 heteroatoms. The normalized spacial score (nSPS) is 20.4. The molecule has 6 nitrogen and oxygen atoms in total. The summed E-state index contributed by atoms with van der Waals surface area (Å²) in [6.45, 7) is 3.94. The topological polar surface area (TPSA) is 71.1 Å². The summed E-state index contributed by atoms with van der Waals surface area (Å²) in [5.41, 5.74) is 0.955. The Labute approximate surface area is 149 Å². The highest BCUT2D eigenvalue weighted by molar-refractivity contribution is 7.90. The lowest BCUT2D eigenvalue weighted by Gasteiger charge is -2.25. The van der Waals surface area contributed by atoms with Gasteiger partial charge in [-0.1, -0.05) is 18.2 Å². The van der Waals surface area contributed by atoms with E-state index in [4.69, 9.17) is 18.9 Å². The molecule has 136 valence electrons. The maximum absolute atomic E-state index is 12.2. The van der Waals surface area contributed by atoms with Crippen molar-refractivity contribution in [3.05, 3.63) is 46.6 Å². The molecular weight excluding hydrogens is 344 g/mol. The average Bonchev–Trinajstić information content (AvgIpc) is 2.59.